The smallest absolute Gasteiger partial charge is 0.245 e. The van der Waals surface area contributed by atoms with E-state index in [2.05, 4.69) is 4.72 Å². The van der Waals surface area contributed by atoms with Crippen LogP contribution >= 0.6 is 23.2 Å². The van der Waals surface area contributed by atoms with E-state index in [0.29, 0.717) is 12.8 Å². The Hall–Kier alpha value is -1.27. The maximum Gasteiger partial charge on any atom is 0.245 e. The van der Waals surface area contributed by atoms with Gasteiger partial charge in [-0.25, -0.2) is 13.1 Å². The molecule has 2 aromatic rings. The molecule has 0 spiro atoms. The van der Waals surface area contributed by atoms with Crippen LogP contribution in [0.3, 0.4) is 0 Å². The summed E-state index contributed by atoms with van der Waals surface area (Å²) in [6.07, 6.45) is 1.40. The molecular weight excluding hydrogens is 357 g/mol. The Morgan fingerprint density at radius 1 is 1.13 bits per heavy atom. The number of sulfonamides is 1. The van der Waals surface area contributed by atoms with Gasteiger partial charge in [-0.05, 0) is 37.5 Å². The highest BCUT2D eigenvalue weighted by atomic mass is 35.5. The highest BCUT2D eigenvalue weighted by Crippen LogP contribution is 2.47. The van der Waals surface area contributed by atoms with Crippen LogP contribution < -0.4 is 4.72 Å². The molecule has 0 saturated heterocycles. The Bertz CT molecular complexity index is 860. The average Bonchev–Trinajstić information content (AvgIpc) is 3.23. The van der Waals surface area contributed by atoms with Gasteiger partial charge < -0.3 is 5.11 Å². The molecule has 1 aliphatic rings. The quantitative estimate of drug-likeness (QED) is 0.853. The van der Waals surface area contributed by atoms with Crippen LogP contribution in [0.15, 0.2) is 41.3 Å². The summed E-state index contributed by atoms with van der Waals surface area (Å²) in [5.74, 6) is -0.497. The third kappa shape index (κ3) is 3.19. The molecule has 0 unspecified atom stereocenters. The van der Waals surface area contributed by atoms with Crippen LogP contribution in [-0.4, -0.2) is 13.5 Å². The van der Waals surface area contributed by atoms with E-state index in [9.17, 15) is 13.5 Å². The van der Waals surface area contributed by atoms with Gasteiger partial charge in [0, 0.05) is 5.02 Å². The number of aryl methyl sites for hydroxylation is 1. The summed E-state index contributed by atoms with van der Waals surface area (Å²) in [6.45, 7) is 1.97. The van der Waals surface area contributed by atoms with Crippen molar-refractivity contribution in [2.24, 2.45) is 0 Å². The third-order valence-corrected chi connectivity index (χ3v) is 6.02. The minimum Gasteiger partial charge on any atom is -0.505 e. The zero-order valence-electron chi connectivity index (χ0n) is 12.3. The molecule has 0 amide bonds. The highest BCUT2D eigenvalue weighted by molar-refractivity contribution is 7.89. The van der Waals surface area contributed by atoms with E-state index >= 15 is 0 Å². The lowest BCUT2D eigenvalue weighted by molar-refractivity contribution is 0.457. The van der Waals surface area contributed by atoms with Crippen LogP contribution in [0.25, 0.3) is 0 Å². The number of phenolic OH excluding ortho intramolecular Hbond substituents is 1. The van der Waals surface area contributed by atoms with Gasteiger partial charge in [0.15, 0.2) is 5.75 Å². The Morgan fingerprint density at radius 2 is 1.74 bits per heavy atom. The minimum absolute atomic E-state index is 0.0990. The monoisotopic (exact) mass is 371 g/mol. The summed E-state index contributed by atoms with van der Waals surface area (Å²) in [5, 5.41) is 10.0. The maximum atomic E-state index is 12.7. The molecule has 0 aliphatic heterocycles. The molecular formula is C16H15Cl2NO3S. The second kappa shape index (κ2) is 5.67. The van der Waals surface area contributed by atoms with Crippen LogP contribution in [-0.2, 0) is 15.6 Å². The van der Waals surface area contributed by atoms with Gasteiger partial charge >= 0.3 is 0 Å². The minimum atomic E-state index is -3.96. The number of nitrogens with one attached hydrogen (secondary N) is 1. The molecule has 1 aliphatic carbocycles. The summed E-state index contributed by atoms with van der Waals surface area (Å²) < 4.78 is 28.0. The normalized spacial score (nSPS) is 16.3. The molecule has 0 aromatic heterocycles. The predicted octanol–water partition coefficient (Wildman–Crippen LogP) is 3.98. The number of aromatic hydroxyl groups is 1. The first-order valence-corrected chi connectivity index (χ1v) is 9.27. The Kier molecular flexibility index (Phi) is 4.09. The zero-order valence-corrected chi connectivity index (χ0v) is 14.6. The standard InChI is InChI=1S/C16H15Cl2NO3S/c1-10-2-4-11(5-3-10)16(6-7-16)19-23(21,22)14-9-12(17)8-13(18)15(14)20/h2-5,8-9,19-20H,6-7H2,1H3. The molecule has 0 radical (unpaired) electrons. The molecule has 7 heteroatoms. The van der Waals surface area contributed by atoms with E-state index in [1.807, 2.05) is 31.2 Å². The first-order valence-electron chi connectivity index (χ1n) is 7.03. The van der Waals surface area contributed by atoms with Gasteiger partial charge in [-0.1, -0.05) is 53.0 Å². The Morgan fingerprint density at radius 3 is 2.30 bits per heavy atom. The highest BCUT2D eigenvalue weighted by Gasteiger charge is 2.48. The molecule has 122 valence electrons. The number of halogens is 2. The van der Waals surface area contributed by atoms with Crippen LogP contribution in [0.1, 0.15) is 24.0 Å². The van der Waals surface area contributed by atoms with Crippen molar-refractivity contribution in [1.29, 1.82) is 0 Å². The van der Waals surface area contributed by atoms with E-state index in [-0.39, 0.29) is 14.9 Å². The van der Waals surface area contributed by atoms with Crippen LogP contribution in [0.5, 0.6) is 5.75 Å². The molecule has 23 heavy (non-hydrogen) atoms. The number of phenols is 1. The van der Waals surface area contributed by atoms with Crippen molar-refractivity contribution in [3.8, 4) is 5.75 Å². The fourth-order valence-corrected chi connectivity index (χ4v) is 4.71. The van der Waals surface area contributed by atoms with Gasteiger partial charge in [-0.2, -0.15) is 0 Å². The van der Waals surface area contributed by atoms with Gasteiger partial charge in [0.25, 0.3) is 0 Å². The average molecular weight is 372 g/mol. The summed E-state index contributed by atoms with van der Waals surface area (Å²) in [5.41, 5.74) is 1.37. The van der Waals surface area contributed by atoms with Crippen LogP contribution in [0.2, 0.25) is 10.0 Å². The van der Waals surface area contributed by atoms with Crippen molar-refractivity contribution in [2.75, 3.05) is 0 Å². The molecule has 1 fully saturated rings. The molecule has 0 bridgehead atoms. The van der Waals surface area contributed by atoms with E-state index in [1.165, 1.54) is 12.1 Å². The number of hydrogen-bond acceptors (Lipinski definition) is 3. The van der Waals surface area contributed by atoms with Gasteiger partial charge in [-0.3, -0.25) is 0 Å². The van der Waals surface area contributed by atoms with E-state index in [4.69, 9.17) is 23.2 Å². The van der Waals surface area contributed by atoms with Gasteiger partial charge in [0.1, 0.15) is 4.90 Å². The molecule has 3 rings (SSSR count). The topological polar surface area (TPSA) is 66.4 Å². The summed E-state index contributed by atoms with van der Waals surface area (Å²) >= 11 is 11.7. The molecule has 0 atom stereocenters. The Balaban J connectivity index is 1.97. The van der Waals surface area contributed by atoms with Crippen molar-refractivity contribution in [3.05, 3.63) is 57.6 Å². The van der Waals surface area contributed by atoms with Crippen LogP contribution in [0.4, 0.5) is 0 Å². The lowest BCUT2D eigenvalue weighted by Gasteiger charge is -2.19. The molecule has 2 aromatic carbocycles. The summed E-state index contributed by atoms with van der Waals surface area (Å²) in [6, 6.07) is 10.2. The first kappa shape index (κ1) is 16.6. The maximum absolute atomic E-state index is 12.7. The van der Waals surface area contributed by atoms with Crippen LogP contribution in [0, 0.1) is 6.92 Å². The molecule has 2 N–H and O–H groups in total. The molecule has 4 nitrogen and oxygen atoms in total. The van der Waals surface area contributed by atoms with E-state index in [1.54, 1.807) is 0 Å². The van der Waals surface area contributed by atoms with Crippen molar-refractivity contribution in [3.63, 3.8) is 0 Å². The first-order chi connectivity index (χ1) is 10.7. The van der Waals surface area contributed by atoms with Gasteiger partial charge in [0.2, 0.25) is 10.0 Å². The fourth-order valence-electron chi connectivity index (χ4n) is 2.51. The van der Waals surface area contributed by atoms with Crippen molar-refractivity contribution < 1.29 is 13.5 Å². The van der Waals surface area contributed by atoms with E-state index in [0.717, 1.165) is 11.1 Å². The van der Waals surface area contributed by atoms with E-state index < -0.39 is 21.3 Å². The fraction of sp³-hybridized carbons (Fsp3) is 0.250. The molecule has 1 saturated carbocycles. The number of benzene rings is 2. The SMILES string of the molecule is Cc1ccc(C2(NS(=O)(=O)c3cc(Cl)cc(Cl)c3O)CC2)cc1. The Labute approximate surface area is 145 Å². The second-order valence-corrected chi connectivity index (χ2v) is 8.28. The largest absolute Gasteiger partial charge is 0.505 e. The van der Waals surface area contributed by atoms with Gasteiger partial charge in [0.05, 0.1) is 10.6 Å². The lowest BCUT2D eigenvalue weighted by Crippen LogP contribution is -2.34. The van der Waals surface area contributed by atoms with Crippen molar-refractivity contribution in [2.45, 2.75) is 30.2 Å². The lowest BCUT2D eigenvalue weighted by atomic mass is 10.0. The third-order valence-electron chi connectivity index (χ3n) is 3.97. The number of hydrogen-bond donors (Lipinski definition) is 2. The van der Waals surface area contributed by atoms with Crippen molar-refractivity contribution >= 4 is 33.2 Å². The van der Waals surface area contributed by atoms with Crippen molar-refractivity contribution in [1.82, 2.24) is 4.72 Å². The molecule has 0 heterocycles. The van der Waals surface area contributed by atoms with Gasteiger partial charge in [-0.15, -0.1) is 0 Å². The number of rotatable bonds is 4. The zero-order chi connectivity index (χ0) is 16.8. The second-order valence-electron chi connectivity index (χ2n) is 5.79. The summed E-state index contributed by atoms with van der Waals surface area (Å²) in [7, 11) is -3.96. The summed E-state index contributed by atoms with van der Waals surface area (Å²) in [4.78, 5) is -0.312. The predicted molar refractivity (Wildman–Crippen MR) is 90.5 cm³/mol.